The number of nitrogens with zero attached hydrogens (tertiary/aromatic N) is 1. The Bertz CT molecular complexity index is 423. The molecule has 4 heteroatoms. The number of nitrogen functional groups attached to an aromatic ring is 1. The molecule has 0 aromatic carbocycles. The molecule has 98 valence electrons. The first-order valence-electron chi connectivity index (χ1n) is 6.70. The predicted octanol–water partition coefficient (Wildman–Crippen LogP) is 2.42. The average molecular weight is 247 g/mol. The lowest BCUT2D eigenvalue weighted by molar-refractivity contribution is 0.0934. The second-order valence-electron chi connectivity index (χ2n) is 5.07. The number of amides is 1. The molecule has 0 aliphatic heterocycles. The van der Waals surface area contributed by atoms with E-state index in [4.69, 9.17) is 5.73 Å². The van der Waals surface area contributed by atoms with Crippen molar-refractivity contribution in [2.24, 2.45) is 0 Å². The summed E-state index contributed by atoms with van der Waals surface area (Å²) in [7, 11) is 0. The molecule has 1 fully saturated rings. The molecule has 1 aromatic rings. The highest BCUT2D eigenvalue weighted by molar-refractivity contribution is 5.98. The number of carbonyl (C=O) groups excluding carboxylic acids is 1. The number of rotatable bonds is 2. The first kappa shape index (κ1) is 12.9. The van der Waals surface area contributed by atoms with Gasteiger partial charge in [0.2, 0.25) is 0 Å². The van der Waals surface area contributed by atoms with Gasteiger partial charge in [0.1, 0.15) is 0 Å². The highest BCUT2D eigenvalue weighted by Gasteiger charge is 2.17. The standard InChI is InChI=1S/C14H21N3O/c1-10-8-13(15)12(9-16-10)14(18)17-11-6-4-2-3-5-7-11/h8-9,11H,2-7H2,1H3,(H2,15,16)(H,17,18). The Morgan fingerprint density at radius 1 is 1.33 bits per heavy atom. The fourth-order valence-corrected chi connectivity index (χ4v) is 2.46. The molecule has 2 rings (SSSR count). The largest absolute Gasteiger partial charge is 0.398 e. The maximum atomic E-state index is 12.1. The molecular formula is C14H21N3O. The van der Waals surface area contributed by atoms with Crippen LogP contribution < -0.4 is 11.1 Å². The van der Waals surface area contributed by atoms with Crippen LogP contribution in [-0.2, 0) is 0 Å². The first-order valence-corrected chi connectivity index (χ1v) is 6.70. The molecule has 4 nitrogen and oxygen atoms in total. The van der Waals surface area contributed by atoms with Gasteiger partial charge >= 0.3 is 0 Å². The van der Waals surface area contributed by atoms with E-state index >= 15 is 0 Å². The van der Waals surface area contributed by atoms with Crippen LogP contribution in [0.1, 0.15) is 54.6 Å². The summed E-state index contributed by atoms with van der Waals surface area (Å²) in [6, 6.07) is 2.03. The molecule has 1 aromatic heterocycles. The van der Waals surface area contributed by atoms with E-state index < -0.39 is 0 Å². The minimum absolute atomic E-state index is 0.0908. The lowest BCUT2D eigenvalue weighted by Crippen LogP contribution is -2.34. The number of aryl methyl sites for hydroxylation is 1. The van der Waals surface area contributed by atoms with E-state index in [1.165, 1.54) is 25.7 Å². The average Bonchev–Trinajstić information content (AvgIpc) is 2.57. The van der Waals surface area contributed by atoms with Gasteiger partial charge in [-0.15, -0.1) is 0 Å². The van der Waals surface area contributed by atoms with Crippen molar-refractivity contribution in [1.82, 2.24) is 10.3 Å². The van der Waals surface area contributed by atoms with Crippen LogP contribution >= 0.6 is 0 Å². The zero-order chi connectivity index (χ0) is 13.0. The van der Waals surface area contributed by atoms with Gasteiger partial charge in [0.15, 0.2) is 0 Å². The zero-order valence-electron chi connectivity index (χ0n) is 10.9. The molecule has 1 amide bonds. The summed E-state index contributed by atoms with van der Waals surface area (Å²) in [6.07, 6.45) is 8.67. The van der Waals surface area contributed by atoms with Crippen molar-refractivity contribution in [3.63, 3.8) is 0 Å². The third kappa shape index (κ3) is 3.22. The number of hydrogen-bond acceptors (Lipinski definition) is 3. The normalized spacial score (nSPS) is 17.2. The number of carbonyl (C=O) groups is 1. The second-order valence-corrected chi connectivity index (χ2v) is 5.07. The molecule has 1 heterocycles. The van der Waals surface area contributed by atoms with Crippen LogP contribution in [0.2, 0.25) is 0 Å². The van der Waals surface area contributed by atoms with Gasteiger partial charge < -0.3 is 11.1 Å². The third-order valence-corrected chi connectivity index (χ3v) is 3.51. The van der Waals surface area contributed by atoms with Crippen LogP contribution in [-0.4, -0.2) is 16.9 Å². The molecule has 0 atom stereocenters. The van der Waals surface area contributed by atoms with Crippen molar-refractivity contribution in [3.05, 3.63) is 23.5 Å². The summed E-state index contributed by atoms with van der Waals surface area (Å²) < 4.78 is 0. The summed E-state index contributed by atoms with van der Waals surface area (Å²) in [5.41, 5.74) is 7.69. The minimum Gasteiger partial charge on any atom is -0.398 e. The number of pyridine rings is 1. The SMILES string of the molecule is Cc1cc(N)c(C(=O)NC2CCCCCC2)cn1. The zero-order valence-corrected chi connectivity index (χ0v) is 10.9. The van der Waals surface area contributed by atoms with Crippen LogP contribution in [0.4, 0.5) is 5.69 Å². The Labute approximate surface area is 108 Å². The van der Waals surface area contributed by atoms with E-state index in [0.717, 1.165) is 18.5 Å². The van der Waals surface area contributed by atoms with Crippen LogP contribution in [0.25, 0.3) is 0 Å². The van der Waals surface area contributed by atoms with Crippen molar-refractivity contribution in [2.45, 2.75) is 51.5 Å². The molecule has 1 saturated carbocycles. The van der Waals surface area contributed by atoms with Gasteiger partial charge in [-0.05, 0) is 25.8 Å². The number of nitrogens with two attached hydrogens (primary N) is 1. The lowest BCUT2D eigenvalue weighted by Gasteiger charge is -2.16. The van der Waals surface area contributed by atoms with Crippen LogP contribution in [0.15, 0.2) is 12.3 Å². The van der Waals surface area contributed by atoms with E-state index in [1.54, 1.807) is 12.3 Å². The van der Waals surface area contributed by atoms with E-state index in [-0.39, 0.29) is 5.91 Å². The maximum absolute atomic E-state index is 12.1. The fraction of sp³-hybridized carbons (Fsp3) is 0.571. The van der Waals surface area contributed by atoms with Crippen molar-refractivity contribution in [2.75, 3.05) is 5.73 Å². The lowest BCUT2D eigenvalue weighted by atomic mass is 10.1. The van der Waals surface area contributed by atoms with E-state index in [0.29, 0.717) is 17.3 Å². The Morgan fingerprint density at radius 2 is 2.00 bits per heavy atom. The Morgan fingerprint density at radius 3 is 2.61 bits per heavy atom. The highest BCUT2D eigenvalue weighted by atomic mass is 16.1. The van der Waals surface area contributed by atoms with Crippen molar-refractivity contribution < 1.29 is 4.79 Å². The maximum Gasteiger partial charge on any atom is 0.255 e. The van der Waals surface area contributed by atoms with Gasteiger partial charge in [0, 0.05) is 23.6 Å². The summed E-state index contributed by atoms with van der Waals surface area (Å²) in [5.74, 6) is -0.0908. The van der Waals surface area contributed by atoms with Gasteiger partial charge in [-0.2, -0.15) is 0 Å². The summed E-state index contributed by atoms with van der Waals surface area (Å²) >= 11 is 0. The molecule has 18 heavy (non-hydrogen) atoms. The second kappa shape index (κ2) is 5.85. The van der Waals surface area contributed by atoms with Crippen LogP contribution in [0.3, 0.4) is 0 Å². The topological polar surface area (TPSA) is 68.0 Å². The van der Waals surface area contributed by atoms with Crippen LogP contribution in [0, 0.1) is 6.92 Å². The fourth-order valence-electron chi connectivity index (χ4n) is 2.46. The van der Waals surface area contributed by atoms with Crippen LogP contribution in [0.5, 0.6) is 0 Å². The van der Waals surface area contributed by atoms with E-state index in [2.05, 4.69) is 10.3 Å². The first-order chi connectivity index (χ1) is 8.66. The van der Waals surface area contributed by atoms with Gasteiger partial charge in [0.05, 0.1) is 5.56 Å². The molecule has 0 unspecified atom stereocenters. The molecule has 0 saturated heterocycles. The summed E-state index contributed by atoms with van der Waals surface area (Å²) in [5, 5.41) is 3.08. The van der Waals surface area contributed by atoms with Crippen molar-refractivity contribution in [1.29, 1.82) is 0 Å². The molecular weight excluding hydrogens is 226 g/mol. The quantitative estimate of drug-likeness (QED) is 0.789. The van der Waals surface area contributed by atoms with Gasteiger partial charge in [-0.3, -0.25) is 9.78 Å². The number of anilines is 1. The summed E-state index contributed by atoms with van der Waals surface area (Å²) in [4.78, 5) is 16.3. The Hall–Kier alpha value is -1.58. The van der Waals surface area contributed by atoms with Gasteiger partial charge in [-0.25, -0.2) is 0 Å². The molecule has 3 N–H and O–H groups in total. The molecule has 0 bridgehead atoms. The molecule has 1 aliphatic carbocycles. The molecule has 0 spiro atoms. The number of hydrogen-bond donors (Lipinski definition) is 2. The molecule has 1 aliphatic rings. The number of aromatic nitrogens is 1. The van der Waals surface area contributed by atoms with Crippen molar-refractivity contribution >= 4 is 11.6 Å². The predicted molar refractivity (Wildman–Crippen MR) is 72.3 cm³/mol. The monoisotopic (exact) mass is 247 g/mol. The summed E-state index contributed by atoms with van der Waals surface area (Å²) in [6.45, 7) is 1.86. The highest BCUT2D eigenvalue weighted by Crippen LogP contribution is 2.18. The van der Waals surface area contributed by atoms with Gasteiger partial charge in [-0.1, -0.05) is 25.7 Å². The van der Waals surface area contributed by atoms with E-state index in [1.807, 2.05) is 6.92 Å². The molecule has 0 radical (unpaired) electrons. The van der Waals surface area contributed by atoms with E-state index in [9.17, 15) is 4.79 Å². The van der Waals surface area contributed by atoms with Crippen molar-refractivity contribution in [3.8, 4) is 0 Å². The Balaban J connectivity index is 2.02. The minimum atomic E-state index is -0.0908. The van der Waals surface area contributed by atoms with Gasteiger partial charge in [0.25, 0.3) is 5.91 Å². The Kier molecular flexibility index (Phi) is 4.18. The third-order valence-electron chi connectivity index (χ3n) is 3.51. The smallest absolute Gasteiger partial charge is 0.255 e. The number of nitrogens with one attached hydrogen (secondary N) is 1.